The maximum atomic E-state index is 12.8. The average Bonchev–Trinajstić information content (AvgIpc) is 3.22. The second kappa shape index (κ2) is 7.97. The van der Waals surface area contributed by atoms with E-state index in [-0.39, 0.29) is 11.3 Å². The predicted octanol–water partition coefficient (Wildman–Crippen LogP) is 3.73. The van der Waals surface area contributed by atoms with Crippen LogP contribution >= 0.6 is 11.3 Å². The largest absolute Gasteiger partial charge is 0.338 e. The van der Waals surface area contributed by atoms with Crippen LogP contribution in [0, 0.1) is 5.41 Å². The van der Waals surface area contributed by atoms with Gasteiger partial charge in [0, 0.05) is 32.6 Å². The molecule has 7 heteroatoms. The van der Waals surface area contributed by atoms with Gasteiger partial charge >= 0.3 is 0 Å². The molecule has 3 heterocycles. The van der Waals surface area contributed by atoms with E-state index in [1.165, 1.54) is 11.3 Å². The molecular formula is C21H26N2O3S2. The van der Waals surface area contributed by atoms with Gasteiger partial charge in [-0.2, -0.15) is 4.31 Å². The number of thiophene rings is 1. The molecule has 5 nitrogen and oxygen atoms in total. The molecule has 0 bridgehead atoms. The molecule has 2 fully saturated rings. The molecule has 0 radical (unpaired) electrons. The number of carbonyl (C=O) groups is 1. The number of benzene rings is 1. The molecule has 28 heavy (non-hydrogen) atoms. The highest BCUT2D eigenvalue weighted by Gasteiger charge is 2.40. The Labute approximate surface area is 171 Å². The van der Waals surface area contributed by atoms with Gasteiger partial charge in [0.05, 0.1) is 0 Å². The Bertz CT molecular complexity index is 902. The molecule has 0 atom stereocenters. The van der Waals surface area contributed by atoms with Gasteiger partial charge in [-0.25, -0.2) is 8.42 Å². The van der Waals surface area contributed by atoms with Gasteiger partial charge in [0.1, 0.15) is 4.21 Å². The van der Waals surface area contributed by atoms with Crippen LogP contribution in [-0.2, 0) is 21.4 Å². The van der Waals surface area contributed by atoms with Crippen molar-refractivity contribution < 1.29 is 13.2 Å². The number of carbonyl (C=O) groups excluding carboxylic acids is 1. The molecule has 2 saturated heterocycles. The molecule has 1 aromatic heterocycles. The van der Waals surface area contributed by atoms with Crippen LogP contribution in [0.3, 0.4) is 0 Å². The molecule has 2 aliphatic rings. The first kappa shape index (κ1) is 19.6. The Kier molecular flexibility index (Phi) is 5.58. The molecule has 0 aliphatic carbocycles. The molecule has 0 unspecified atom stereocenters. The summed E-state index contributed by atoms with van der Waals surface area (Å²) < 4.78 is 27.6. The molecule has 1 spiro atoms. The van der Waals surface area contributed by atoms with Crippen molar-refractivity contribution in [1.82, 2.24) is 9.21 Å². The zero-order valence-electron chi connectivity index (χ0n) is 15.9. The third kappa shape index (κ3) is 4.02. The van der Waals surface area contributed by atoms with Crippen LogP contribution in [0.15, 0.2) is 52.1 Å². The Morgan fingerprint density at radius 3 is 2.32 bits per heavy atom. The SMILES string of the molecule is O=C1CCC2(CCN1Cc1ccccc1)CCN(S(=O)(=O)c1cccs1)CC2. The van der Waals surface area contributed by atoms with Crippen molar-refractivity contribution >= 4 is 27.3 Å². The van der Waals surface area contributed by atoms with Crippen LogP contribution in [0.2, 0.25) is 0 Å². The minimum Gasteiger partial charge on any atom is -0.338 e. The van der Waals surface area contributed by atoms with E-state index in [0.29, 0.717) is 30.3 Å². The highest BCUT2D eigenvalue weighted by Crippen LogP contribution is 2.42. The molecular weight excluding hydrogens is 392 g/mol. The highest BCUT2D eigenvalue weighted by molar-refractivity contribution is 7.91. The minimum atomic E-state index is -3.37. The number of amides is 1. The molecule has 0 saturated carbocycles. The van der Waals surface area contributed by atoms with E-state index >= 15 is 0 Å². The fourth-order valence-electron chi connectivity index (χ4n) is 4.36. The van der Waals surface area contributed by atoms with Gasteiger partial charge in [0.2, 0.25) is 5.91 Å². The topological polar surface area (TPSA) is 57.7 Å². The van der Waals surface area contributed by atoms with Crippen molar-refractivity contribution in [2.75, 3.05) is 19.6 Å². The maximum Gasteiger partial charge on any atom is 0.252 e. The van der Waals surface area contributed by atoms with E-state index in [2.05, 4.69) is 12.1 Å². The summed E-state index contributed by atoms with van der Waals surface area (Å²) >= 11 is 1.27. The van der Waals surface area contributed by atoms with Gasteiger partial charge in [0.15, 0.2) is 0 Å². The van der Waals surface area contributed by atoms with E-state index < -0.39 is 10.0 Å². The van der Waals surface area contributed by atoms with Gasteiger partial charge in [-0.05, 0) is 48.1 Å². The maximum absolute atomic E-state index is 12.8. The fourth-order valence-corrected chi connectivity index (χ4v) is 6.95. The van der Waals surface area contributed by atoms with Crippen molar-refractivity contribution in [3.8, 4) is 0 Å². The van der Waals surface area contributed by atoms with Crippen molar-refractivity contribution in [1.29, 1.82) is 0 Å². The molecule has 2 aliphatic heterocycles. The normalized spacial score (nSPS) is 21.0. The van der Waals surface area contributed by atoms with Gasteiger partial charge in [0.25, 0.3) is 10.0 Å². The second-order valence-electron chi connectivity index (χ2n) is 7.89. The molecule has 1 amide bonds. The number of nitrogens with zero attached hydrogens (tertiary/aromatic N) is 2. The van der Waals surface area contributed by atoms with Crippen molar-refractivity contribution in [2.45, 2.75) is 42.9 Å². The van der Waals surface area contributed by atoms with Crippen LogP contribution in [0.4, 0.5) is 0 Å². The monoisotopic (exact) mass is 418 g/mol. The number of likely N-dealkylation sites (tertiary alicyclic amines) is 1. The summed E-state index contributed by atoms with van der Waals surface area (Å²) in [5.41, 5.74) is 1.24. The number of hydrogen-bond acceptors (Lipinski definition) is 4. The second-order valence-corrected chi connectivity index (χ2v) is 11.0. The number of piperidine rings is 1. The molecule has 1 aromatic carbocycles. The fraction of sp³-hybridized carbons (Fsp3) is 0.476. The summed E-state index contributed by atoms with van der Waals surface area (Å²) in [6.45, 7) is 2.51. The zero-order chi connectivity index (χ0) is 19.6. The lowest BCUT2D eigenvalue weighted by molar-refractivity contribution is -0.131. The molecule has 150 valence electrons. The summed E-state index contributed by atoms with van der Waals surface area (Å²) in [4.78, 5) is 14.6. The zero-order valence-corrected chi connectivity index (χ0v) is 17.6. The first-order valence-corrected chi connectivity index (χ1v) is 12.2. The van der Waals surface area contributed by atoms with Crippen LogP contribution in [0.1, 0.15) is 37.7 Å². The van der Waals surface area contributed by atoms with Gasteiger partial charge in [-0.15, -0.1) is 11.3 Å². The molecule has 0 N–H and O–H groups in total. The van der Waals surface area contributed by atoms with Gasteiger partial charge in [-0.3, -0.25) is 4.79 Å². The van der Waals surface area contributed by atoms with Crippen molar-refractivity contribution in [3.05, 3.63) is 53.4 Å². The third-order valence-electron chi connectivity index (χ3n) is 6.22. The average molecular weight is 419 g/mol. The van der Waals surface area contributed by atoms with E-state index in [0.717, 1.165) is 37.8 Å². The third-order valence-corrected chi connectivity index (χ3v) is 9.49. The highest BCUT2D eigenvalue weighted by atomic mass is 32.2. The molecule has 2 aromatic rings. The summed E-state index contributed by atoms with van der Waals surface area (Å²) in [5.74, 6) is 0.217. The van der Waals surface area contributed by atoms with Crippen LogP contribution in [0.25, 0.3) is 0 Å². The Morgan fingerprint density at radius 2 is 1.64 bits per heavy atom. The lowest BCUT2D eigenvalue weighted by Gasteiger charge is -2.40. The van der Waals surface area contributed by atoms with E-state index in [1.54, 1.807) is 21.8 Å². The van der Waals surface area contributed by atoms with E-state index in [9.17, 15) is 13.2 Å². The lowest BCUT2D eigenvalue weighted by atomic mass is 9.73. The minimum absolute atomic E-state index is 0.0859. The molecule has 4 rings (SSSR count). The smallest absolute Gasteiger partial charge is 0.252 e. The van der Waals surface area contributed by atoms with E-state index in [4.69, 9.17) is 0 Å². The summed E-state index contributed by atoms with van der Waals surface area (Å²) in [6, 6.07) is 13.6. The predicted molar refractivity (Wildman–Crippen MR) is 110 cm³/mol. The summed E-state index contributed by atoms with van der Waals surface area (Å²) in [6.07, 6.45) is 4.06. The Morgan fingerprint density at radius 1 is 0.929 bits per heavy atom. The summed E-state index contributed by atoms with van der Waals surface area (Å²) in [5, 5.41) is 1.80. The van der Waals surface area contributed by atoms with Crippen LogP contribution in [-0.4, -0.2) is 43.2 Å². The number of sulfonamides is 1. The van der Waals surface area contributed by atoms with Gasteiger partial charge < -0.3 is 4.90 Å². The van der Waals surface area contributed by atoms with Crippen LogP contribution < -0.4 is 0 Å². The number of hydrogen-bond donors (Lipinski definition) is 0. The summed E-state index contributed by atoms with van der Waals surface area (Å²) in [7, 11) is -3.37. The van der Waals surface area contributed by atoms with Gasteiger partial charge in [-0.1, -0.05) is 36.4 Å². The standard InChI is InChI=1S/C21H26N2O3S2/c24-19-8-9-21(10-13-22(19)17-18-5-2-1-3-6-18)11-14-23(15-12-21)28(25,26)20-7-4-16-27-20/h1-7,16H,8-15,17H2. The van der Waals surface area contributed by atoms with E-state index in [1.807, 2.05) is 23.1 Å². The first-order valence-electron chi connectivity index (χ1n) is 9.84. The van der Waals surface area contributed by atoms with Crippen molar-refractivity contribution in [3.63, 3.8) is 0 Å². The Hall–Kier alpha value is -1.70. The Balaban J connectivity index is 1.40. The number of rotatable bonds is 4. The first-order chi connectivity index (χ1) is 13.5. The quantitative estimate of drug-likeness (QED) is 0.760. The van der Waals surface area contributed by atoms with Crippen LogP contribution in [0.5, 0.6) is 0 Å². The lowest BCUT2D eigenvalue weighted by Crippen LogP contribution is -2.43. The van der Waals surface area contributed by atoms with Crippen molar-refractivity contribution in [2.24, 2.45) is 5.41 Å².